The number of nitrogens with one attached hydrogen (secondary N) is 1. The molecule has 0 fully saturated rings. The summed E-state index contributed by atoms with van der Waals surface area (Å²) in [6.45, 7) is 5.75. The Kier molecular flexibility index (Phi) is 6.11. The Bertz CT molecular complexity index is 1000. The third kappa shape index (κ3) is 4.86. The molecule has 3 rings (SSSR count). The molecule has 0 aliphatic carbocycles. The molecule has 0 aliphatic heterocycles. The van der Waals surface area contributed by atoms with Crippen LogP contribution >= 0.6 is 22.6 Å². The summed E-state index contributed by atoms with van der Waals surface area (Å²) in [5, 5.41) is 6.53. The van der Waals surface area contributed by atoms with Gasteiger partial charge < -0.3 is 4.74 Å². The summed E-state index contributed by atoms with van der Waals surface area (Å²) in [5.41, 5.74) is 6.32. The van der Waals surface area contributed by atoms with Crippen LogP contribution in [0.25, 0.3) is 10.8 Å². The molecule has 4 nitrogen and oxygen atoms in total. The highest BCUT2D eigenvalue weighted by atomic mass is 127. The summed E-state index contributed by atoms with van der Waals surface area (Å²) in [7, 11) is 0. The topological polar surface area (TPSA) is 50.7 Å². The van der Waals surface area contributed by atoms with Gasteiger partial charge in [-0.1, -0.05) is 36.4 Å². The first-order chi connectivity index (χ1) is 12.9. The Hall–Kier alpha value is -2.41. The number of hydrogen-bond acceptors (Lipinski definition) is 3. The molecule has 138 valence electrons. The van der Waals surface area contributed by atoms with E-state index in [1.54, 1.807) is 0 Å². The molecule has 3 aromatic rings. The van der Waals surface area contributed by atoms with E-state index < -0.39 is 0 Å². The van der Waals surface area contributed by atoms with E-state index in [0.717, 1.165) is 37.1 Å². The van der Waals surface area contributed by atoms with Crippen LogP contribution in [0, 0.1) is 17.4 Å². The zero-order valence-electron chi connectivity index (χ0n) is 15.5. The number of benzene rings is 3. The maximum absolute atomic E-state index is 12.1. The van der Waals surface area contributed by atoms with Crippen LogP contribution < -0.4 is 10.2 Å². The fourth-order valence-corrected chi connectivity index (χ4v) is 3.85. The average Bonchev–Trinajstić information content (AvgIpc) is 2.64. The summed E-state index contributed by atoms with van der Waals surface area (Å²) < 4.78 is 6.84. The van der Waals surface area contributed by atoms with Crippen molar-refractivity contribution in [3.63, 3.8) is 0 Å². The van der Waals surface area contributed by atoms with E-state index in [2.05, 4.69) is 57.4 Å². The third-order valence-electron chi connectivity index (χ3n) is 4.29. The summed E-state index contributed by atoms with van der Waals surface area (Å²) in [6.07, 6.45) is 0. The van der Waals surface area contributed by atoms with Crippen molar-refractivity contribution in [1.82, 2.24) is 5.43 Å². The SMILES string of the molecule is CC(=NNC(=O)COc1c(C)cc(I)cc1C)c1ccc2ccccc2c1. The molecule has 27 heavy (non-hydrogen) atoms. The lowest BCUT2D eigenvalue weighted by Gasteiger charge is -2.12. The molecule has 1 amide bonds. The average molecular weight is 472 g/mol. The second-order valence-electron chi connectivity index (χ2n) is 6.45. The molecule has 0 aliphatic rings. The lowest BCUT2D eigenvalue weighted by Crippen LogP contribution is -2.26. The highest BCUT2D eigenvalue weighted by Crippen LogP contribution is 2.25. The fourth-order valence-electron chi connectivity index (χ4n) is 2.92. The molecule has 0 bridgehead atoms. The monoisotopic (exact) mass is 472 g/mol. The van der Waals surface area contributed by atoms with Gasteiger partial charge in [0.15, 0.2) is 6.61 Å². The summed E-state index contributed by atoms with van der Waals surface area (Å²) in [6, 6.07) is 18.3. The van der Waals surface area contributed by atoms with Gasteiger partial charge in [0, 0.05) is 3.57 Å². The first-order valence-corrected chi connectivity index (χ1v) is 9.74. The van der Waals surface area contributed by atoms with Gasteiger partial charge in [-0.05, 0) is 89.0 Å². The number of amides is 1. The molecule has 5 heteroatoms. The van der Waals surface area contributed by atoms with Crippen molar-refractivity contribution in [2.45, 2.75) is 20.8 Å². The standard InChI is InChI=1S/C22H21IN2O2/c1-14-10-20(23)11-15(2)22(14)27-13-21(26)25-24-16(3)18-9-8-17-6-4-5-7-19(17)12-18/h4-12H,13H2,1-3H3,(H,25,26). The number of hydrazone groups is 1. The number of ether oxygens (including phenoxy) is 1. The largest absolute Gasteiger partial charge is 0.483 e. The van der Waals surface area contributed by atoms with Crippen LogP contribution in [0.3, 0.4) is 0 Å². The number of carbonyl (C=O) groups is 1. The van der Waals surface area contributed by atoms with Gasteiger partial charge in [-0.15, -0.1) is 0 Å². The van der Waals surface area contributed by atoms with Gasteiger partial charge in [-0.2, -0.15) is 5.10 Å². The van der Waals surface area contributed by atoms with Crippen molar-refractivity contribution in [3.05, 3.63) is 74.9 Å². The van der Waals surface area contributed by atoms with E-state index in [9.17, 15) is 4.79 Å². The number of halogens is 1. The van der Waals surface area contributed by atoms with Crippen molar-refractivity contribution < 1.29 is 9.53 Å². The van der Waals surface area contributed by atoms with Crippen LogP contribution in [-0.2, 0) is 4.79 Å². The van der Waals surface area contributed by atoms with Crippen molar-refractivity contribution in [1.29, 1.82) is 0 Å². The zero-order chi connectivity index (χ0) is 19.4. The normalized spacial score (nSPS) is 11.5. The second kappa shape index (κ2) is 8.52. The third-order valence-corrected chi connectivity index (χ3v) is 4.91. The van der Waals surface area contributed by atoms with E-state index in [-0.39, 0.29) is 12.5 Å². The van der Waals surface area contributed by atoms with Gasteiger partial charge in [0.25, 0.3) is 5.91 Å². The number of nitrogens with zero attached hydrogens (tertiary/aromatic N) is 1. The molecular formula is C22H21IN2O2. The van der Waals surface area contributed by atoms with Crippen LogP contribution in [-0.4, -0.2) is 18.2 Å². The van der Waals surface area contributed by atoms with E-state index in [1.165, 1.54) is 5.39 Å². The van der Waals surface area contributed by atoms with Gasteiger partial charge in [-0.25, -0.2) is 5.43 Å². The Morgan fingerprint density at radius 2 is 1.70 bits per heavy atom. The van der Waals surface area contributed by atoms with Gasteiger partial charge in [-0.3, -0.25) is 4.79 Å². The van der Waals surface area contributed by atoms with Gasteiger partial charge >= 0.3 is 0 Å². The number of carbonyl (C=O) groups excluding carboxylic acids is 1. The fraction of sp³-hybridized carbons (Fsp3) is 0.182. The lowest BCUT2D eigenvalue weighted by molar-refractivity contribution is -0.123. The molecule has 0 atom stereocenters. The Morgan fingerprint density at radius 3 is 2.41 bits per heavy atom. The summed E-state index contributed by atoms with van der Waals surface area (Å²) in [4.78, 5) is 12.1. The maximum Gasteiger partial charge on any atom is 0.277 e. The first kappa shape index (κ1) is 19.4. The summed E-state index contributed by atoms with van der Waals surface area (Å²) in [5.74, 6) is 0.466. The summed E-state index contributed by atoms with van der Waals surface area (Å²) >= 11 is 2.27. The van der Waals surface area contributed by atoms with Gasteiger partial charge in [0.05, 0.1) is 5.71 Å². The molecule has 0 saturated heterocycles. The number of hydrogen-bond donors (Lipinski definition) is 1. The predicted octanol–water partition coefficient (Wildman–Crippen LogP) is 4.98. The molecule has 0 radical (unpaired) electrons. The van der Waals surface area contributed by atoms with E-state index in [0.29, 0.717) is 0 Å². The predicted molar refractivity (Wildman–Crippen MR) is 118 cm³/mol. The van der Waals surface area contributed by atoms with E-state index >= 15 is 0 Å². The highest BCUT2D eigenvalue weighted by molar-refractivity contribution is 14.1. The maximum atomic E-state index is 12.1. The van der Waals surface area contributed by atoms with Crippen LogP contribution in [0.2, 0.25) is 0 Å². The van der Waals surface area contributed by atoms with Crippen LogP contribution in [0.1, 0.15) is 23.6 Å². The zero-order valence-corrected chi connectivity index (χ0v) is 17.7. The van der Waals surface area contributed by atoms with Crippen molar-refractivity contribution in [3.8, 4) is 5.75 Å². The second-order valence-corrected chi connectivity index (χ2v) is 7.70. The van der Waals surface area contributed by atoms with Crippen molar-refractivity contribution >= 4 is 45.0 Å². The Morgan fingerprint density at radius 1 is 1.04 bits per heavy atom. The van der Waals surface area contributed by atoms with Crippen LogP contribution in [0.15, 0.2) is 59.7 Å². The molecule has 0 heterocycles. The smallest absolute Gasteiger partial charge is 0.277 e. The van der Waals surface area contributed by atoms with E-state index in [4.69, 9.17) is 4.74 Å². The molecule has 0 spiro atoms. The minimum atomic E-state index is -0.285. The number of rotatable bonds is 5. The molecule has 1 N–H and O–H groups in total. The van der Waals surface area contributed by atoms with Crippen molar-refractivity contribution in [2.24, 2.45) is 5.10 Å². The molecule has 0 aromatic heterocycles. The first-order valence-electron chi connectivity index (χ1n) is 8.66. The minimum absolute atomic E-state index is 0.0726. The van der Waals surface area contributed by atoms with Crippen LogP contribution in [0.4, 0.5) is 0 Å². The van der Waals surface area contributed by atoms with E-state index in [1.807, 2.05) is 51.1 Å². The molecule has 0 unspecified atom stereocenters. The molecule has 0 saturated carbocycles. The minimum Gasteiger partial charge on any atom is -0.483 e. The quantitative estimate of drug-likeness (QED) is 0.324. The number of aryl methyl sites for hydroxylation is 2. The molecular weight excluding hydrogens is 451 g/mol. The van der Waals surface area contributed by atoms with Gasteiger partial charge in [0.2, 0.25) is 0 Å². The van der Waals surface area contributed by atoms with Crippen molar-refractivity contribution in [2.75, 3.05) is 6.61 Å². The van der Waals surface area contributed by atoms with Crippen LogP contribution in [0.5, 0.6) is 5.75 Å². The number of fused-ring (bicyclic) bond motifs is 1. The molecule has 3 aromatic carbocycles. The Balaban J connectivity index is 1.63. The lowest BCUT2D eigenvalue weighted by atomic mass is 10.0. The Labute approximate surface area is 172 Å². The van der Waals surface area contributed by atoms with Gasteiger partial charge in [0.1, 0.15) is 5.75 Å². The highest BCUT2D eigenvalue weighted by Gasteiger charge is 2.09.